The van der Waals surface area contributed by atoms with Crippen molar-refractivity contribution in [3.05, 3.63) is 51.1 Å². The Kier molecular flexibility index (Phi) is 4.80. The molecule has 1 aliphatic heterocycles. The molecule has 9 heteroatoms. The summed E-state index contributed by atoms with van der Waals surface area (Å²) in [6, 6.07) is 4.39. The second kappa shape index (κ2) is 7.37. The molecule has 0 radical (unpaired) electrons. The normalized spacial score (nSPS) is 19.8. The van der Waals surface area contributed by atoms with Crippen LogP contribution in [0.15, 0.2) is 24.4 Å². The van der Waals surface area contributed by atoms with E-state index in [0.29, 0.717) is 24.6 Å². The standard InChI is InChI=1S/C21H21F3N4OS/c22-21(23,24)15-7-8-18-25-26-19(28(18)12-15)14-5-3-9-27(11-14)20(29)17-10-13-4-1-2-6-16(13)30-17/h7-8,10,12,14H,1-6,9,11H2/t14-/m0/s1. The number of alkyl halides is 3. The number of nitrogens with zero attached hydrogens (tertiary/aromatic N) is 4. The van der Waals surface area contributed by atoms with E-state index >= 15 is 0 Å². The zero-order valence-electron chi connectivity index (χ0n) is 16.3. The molecule has 3 aromatic rings. The van der Waals surface area contributed by atoms with Crippen LogP contribution in [0.5, 0.6) is 0 Å². The maximum absolute atomic E-state index is 13.1. The summed E-state index contributed by atoms with van der Waals surface area (Å²) in [7, 11) is 0. The number of thiophene rings is 1. The van der Waals surface area contributed by atoms with Crippen molar-refractivity contribution in [2.45, 2.75) is 50.6 Å². The Labute approximate surface area is 175 Å². The van der Waals surface area contributed by atoms with Gasteiger partial charge in [0, 0.05) is 30.1 Å². The average molecular weight is 434 g/mol. The summed E-state index contributed by atoms with van der Waals surface area (Å²) in [4.78, 5) is 17.0. The highest BCUT2D eigenvalue weighted by atomic mass is 32.1. The van der Waals surface area contributed by atoms with E-state index in [1.54, 1.807) is 11.3 Å². The summed E-state index contributed by atoms with van der Waals surface area (Å²) < 4.78 is 40.9. The molecule has 1 fully saturated rings. The molecule has 0 unspecified atom stereocenters. The van der Waals surface area contributed by atoms with Gasteiger partial charge in [0.15, 0.2) is 5.65 Å². The quantitative estimate of drug-likeness (QED) is 0.587. The zero-order chi connectivity index (χ0) is 20.9. The van der Waals surface area contributed by atoms with E-state index in [-0.39, 0.29) is 11.8 Å². The van der Waals surface area contributed by atoms with Crippen molar-refractivity contribution in [2.24, 2.45) is 0 Å². The van der Waals surface area contributed by atoms with Crippen LogP contribution in [0.1, 0.15) is 63.1 Å². The van der Waals surface area contributed by atoms with Crippen LogP contribution in [0.25, 0.3) is 5.65 Å². The van der Waals surface area contributed by atoms with Gasteiger partial charge >= 0.3 is 6.18 Å². The Balaban J connectivity index is 1.40. The summed E-state index contributed by atoms with van der Waals surface area (Å²) in [6.45, 7) is 1.10. The van der Waals surface area contributed by atoms with Crippen molar-refractivity contribution < 1.29 is 18.0 Å². The fourth-order valence-corrected chi connectivity index (χ4v) is 5.70. The Morgan fingerprint density at radius 3 is 2.77 bits per heavy atom. The number of fused-ring (bicyclic) bond motifs is 2. The molecule has 5 rings (SSSR count). The number of aryl methyl sites for hydroxylation is 2. The third kappa shape index (κ3) is 3.49. The second-order valence-electron chi connectivity index (χ2n) is 8.06. The minimum absolute atomic E-state index is 0.0175. The van der Waals surface area contributed by atoms with Crippen LogP contribution in [-0.2, 0) is 19.0 Å². The van der Waals surface area contributed by atoms with Crippen molar-refractivity contribution in [2.75, 3.05) is 13.1 Å². The molecule has 0 N–H and O–H groups in total. The third-order valence-corrected chi connectivity index (χ3v) is 7.26. The molecular weight excluding hydrogens is 413 g/mol. The predicted octanol–water partition coefficient (Wildman–Crippen LogP) is 4.71. The van der Waals surface area contributed by atoms with E-state index in [4.69, 9.17) is 0 Å². The number of hydrogen-bond acceptors (Lipinski definition) is 4. The molecule has 2 aliphatic rings. The maximum Gasteiger partial charge on any atom is 0.417 e. The molecule has 4 heterocycles. The first-order valence-corrected chi connectivity index (χ1v) is 11.0. The monoisotopic (exact) mass is 434 g/mol. The van der Waals surface area contributed by atoms with Gasteiger partial charge in [-0.05, 0) is 62.3 Å². The minimum Gasteiger partial charge on any atom is -0.337 e. The molecule has 3 aromatic heterocycles. The van der Waals surface area contributed by atoms with Gasteiger partial charge in [-0.2, -0.15) is 13.2 Å². The van der Waals surface area contributed by atoms with Gasteiger partial charge in [-0.3, -0.25) is 9.20 Å². The van der Waals surface area contributed by atoms with E-state index in [9.17, 15) is 18.0 Å². The molecular formula is C21H21F3N4OS. The van der Waals surface area contributed by atoms with Gasteiger partial charge in [0.1, 0.15) is 5.82 Å². The van der Waals surface area contributed by atoms with E-state index in [0.717, 1.165) is 42.8 Å². The number of rotatable bonds is 2. The molecule has 1 saturated heterocycles. The highest BCUT2D eigenvalue weighted by Gasteiger charge is 2.33. The smallest absolute Gasteiger partial charge is 0.337 e. The fraction of sp³-hybridized carbons (Fsp3) is 0.476. The highest BCUT2D eigenvalue weighted by Crippen LogP contribution is 2.34. The second-order valence-corrected chi connectivity index (χ2v) is 9.20. The molecule has 0 bridgehead atoms. The minimum atomic E-state index is -4.43. The first-order chi connectivity index (χ1) is 14.4. The van der Waals surface area contributed by atoms with Crippen molar-refractivity contribution in [3.8, 4) is 0 Å². The summed E-state index contributed by atoms with van der Waals surface area (Å²) in [5.41, 5.74) is 0.947. The lowest BCUT2D eigenvalue weighted by atomic mass is 9.96. The van der Waals surface area contributed by atoms with E-state index in [2.05, 4.69) is 10.2 Å². The lowest BCUT2D eigenvalue weighted by Gasteiger charge is -2.31. The summed E-state index contributed by atoms with van der Waals surface area (Å²) in [5, 5.41) is 8.21. The van der Waals surface area contributed by atoms with Crippen molar-refractivity contribution in [1.82, 2.24) is 19.5 Å². The summed E-state index contributed by atoms with van der Waals surface area (Å²) >= 11 is 1.59. The Hall–Kier alpha value is -2.42. The Morgan fingerprint density at radius 1 is 1.13 bits per heavy atom. The predicted molar refractivity (Wildman–Crippen MR) is 107 cm³/mol. The molecule has 5 nitrogen and oxygen atoms in total. The van der Waals surface area contributed by atoms with Crippen LogP contribution in [0.4, 0.5) is 13.2 Å². The van der Waals surface area contributed by atoms with Crippen molar-refractivity contribution >= 4 is 22.9 Å². The molecule has 1 atom stereocenters. The molecule has 0 spiro atoms. The molecule has 0 saturated carbocycles. The number of pyridine rings is 1. The van der Waals surface area contributed by atoms with E-state index in [1.165, 1.54) is 33.7 Å². The SMILES string of the molecule is O=C(c1cc2c(s1)CCCC2)N1CCC[C@H](c2nnc3ccc(C(F)(F)F)cn23)C1. The van der Waals surface area contributed by atoms with Gasteiger partial charge < -0.3 is 4.90 Å². The molecule has 30 heavy (non-hydrogen) atoms. The lowest BCUT2D eigenvalue weighted by molar-refractivity contribution is -0.137. The number of piperidine rings is 1. The van der Waals surface area contributed by atoms with E-state index in [1.807, 2.05) is 11.0 Å². The van der Waals surface area contributed by atoms with Crippen LogP contribution in [-0.4, -0.2) is 38.5 Å². The molecule has 1 aliphatic carbocycles. The van der Waals surface area contributed by atoms with Gasteiger partial charge in [-0.25, -0.2) is 0 Å². The summed E-state index contributed by atoms with van der Waals surface area (Å²) in [6.07, 6.45) is 2.60. The molecule has 1 amide bonds. The molecule has 0 aromatic carbocycles. The highest BCUT2D eigenvalue weighted by molar-refractivity contribution is 7.14. The van der Waals surface area contributed by atoms with E-state index < -0.39 is 11.7 Å². The van der Waals surface area contributed by atoms with Crippen molar-refractivity contribution in [3.63, 3.8) is 0 Å². The van der Waals surface area contributed by atoms with Gasteiger partial charge in [-0.15, -0.1) is 21.5 Å². The Morgan fingerprint density at radius 2 is 1.97 bits per heavy atom. The summed E-state index contributed by atoms with van der Waals surface area (Å²) in [5.74, 6) is 0.360. The topological polar surface area (TPSA) is 50.5 Å². The number of aromatic nitrogens is 3. The number of likely N-dealkylation sites (tertiary alicyclic amines) is 1. The fourth-order valence-electron chi connectivity index (χ4n) is 4.48. The Bertz CT molecular complexity index is 1080. The van der Waals surface area contributed by atoms with Crippen molar-refractivity contribution in [1.29, 1.82) is 0 Å². The first kappa shape index (κ1) is 19.5. The van der Waals surface area contributed by atoms with Crippen LogP contribution >= 0.6 is 11.3 Å². The van der Waals surface area contributed by atoms with Gasteiger partial charge in [-0.1, -0.05) is 0 Å². The van der Waals surface area contributed by atoms with Crippen LogP contribution in [0, 0.1) is 0 Å². The van der Waals surface area contributed by atoms with Gasteiger partial charge in [0.05, 0.1) is 10.4 Å². The number of carbonyl (C=O) groups is 1. The number of hydrogen-bond donors (Lipinski definition) is 0. The first-order valence-electron chi connectivity index (χ1n) is 10.2. The van der Waals surface area contributed by atoms with Crippen LogP contribution < -0.4 is 0 Å². The maximum atomic E-state index is 13.1. The number of carbonyl (C=O) groups excluding carboxylic acids is 1. The van der Waals surface area contributed by atoms with Gasteiger partial charge in [0.2, 0.25) is 0 Å². The lowest BCUT2D eigenvalue weighted by Crippen LogP contribution is -2.39. The van der Waals surface area contributed by atoms with Crippen LogP contribution in [0.3, 0.4) is 0 Å². The van der Waals surface area contributed by atoms with Gasteiger partial charge in [0.25, 0.3) is 5.91 Å². The number of halogens is 3. The van der Waals surface area contributed by atoms with Crippen LogP contribution in [0.2, 0.25) is 0 Å². The zero-order valence-corrected chi connectivity index (χ0v) is 17.1. The molecule has 158 valence electrons. The number of amides is 1. The third-order valence-electron chi connectivity index (χ3n) is 6.04. The average Bonchev–Trinajstić information content (AvgIpc) is 3.36. The largest absolute Gasteiger partial charge is 0.417 e.